The first-order valence-corrected chi connectivity index (χ1v) is 11.0. The lowest BCUT2D eigenvalue weighted by Gasteiger charge is -2.21. The van der Waals surface area contributed by atoms with Gasteiger partial charge in [-0.2, -0.15) is 18.2 Å². The number of aromatic nitrogens is 3. The number of alkyl halides is 4. The monoisotopic (exact) mass is 476 g/mol. The lowest BCUT2D eigenvalue weighted by Crippen LogP contribution is -2.34. The number of aryl methyl sites for hydroxylation is 1. The number of fused-ring (bicyclic) bond motifs is 3. The van der Waals surface area contributed by atoms with Crippen molar-refractivity contribution in [3.8, 4) is 0 Å². The van der Waals surface area contributed by atoms with Crippen molar-refractivity contribution in [1.82, 2.24) is 19.3 Å². The largest absolute Gasteiger partial charge is 0.416 e. The van der Waals surface area contributed by atoms with Gasteiger partial charge in [0.1, 0.15) is 12.5 Å². The van der Waals surface area contributed by atoms with E-state index in [-0.39, 0.29) is 24.7 Å². The summed E-state index contributed by atoms with van der Waals surface area (Å²) < 4.78 is 55.2. The van der Waals surface area contributed by atoms with E-state index in [1.807, 2.05) is 11.3 Å². The van der Waals surface area contributed by atoms with Crippen molar-refractivity contribution >= 4 is 23.2 Å². The number of carbonyl (C=O) groups is 1. The third-order valence-electron chi connectivity index (χ3n) is 6.73. The zero-order chi connectivity index (χ0) is 24.4. The molecule has 0 spiro atoms. The van der Waals surface area contributed by atoms with Crippen LogP contribution in [0.25, 0.3) is 5.78 Å². The Labute approximate surface area is 193 Å². The molecule has 0 bridgehead atoms. The highest BCUT2D eigenvalue weighted by atomic mass is 19.4. The lowest BCUT2D eigenvalue weighted by atomic mass is 10.0. The van der Waals surface area contributed by atoms with Crippen LogP contribution in [0.5, 0.6) is 0 Å². The van der Waals surface area contributed by atoms with Crippen LogP contribution in [0.4, 0.5) is 29.1 Å². The van der Waals surface area contributed by atoms with Crippen LogP contribution in [-0.4, -0.2) is 31.9 Å². The predicted molar refractivity (Wildman–Crippen MR) is 118 cm³/mol. The van der Waals surface area contributed by atoms with Gasteiger partial charge in [-0.05, 0) is 50.5 Å². The number of benzene rings is 1. The SMILES string of the molecule is Cc1cnc2nc(NC(C)c3cc(N)cc(C(F)(F)F)c3)c3c(n12)CN(C(=O)C1(CF)CC1)C3. The van der Waals surface area contributed by atoms with Crippen LogP contribution < -0.4 is 11.1 Å². The van der Waals surface area contributed by atoms with Crippen LogP contribution in [0.3, 0.4) is 0 Å². The van der Waals surface area contributed by atoms with Gasteiger partial charge in [-0.1, -0.05) is 0 Å². The summed E-state index contributed by atoms with van der Waals surface area (Å²) in [6.45, 7) is 3.42. The molecule has 1 aromatic carbocycles. The average Bonchev–Trinajstić information content (AvgIpc) is 3.32. The molecular formula is C23H24F4N6O. The fourth-order valence-electron chi connectivity index (χ4n) is 4.57. The molecule has 1 unspecified atom stereocenters. The molecule has 1 fully saturated rings. The summed E-state index contributed by atoms with van der Waals surface area (Å²) >= 11 is 0. The highest BCUT2D eigenvalue weighted by Crippen LogP contribution is 2.49. The number of imidazole rings is 1. The van der Waals surface area contributed by atoms with Crippen LogP contribution in [0, 0.1) is 12.3 Å². The predicted octanol–water partition coefficient (Wildman–Crippen LogP) is 4.40. The molecule has 3 aromatic rings. The van der Waals surface area contributed by atoms with Gasteiger partial charge in [0.15, 0.2) is 0 Å². The van der Waals surface area contributed by atoms with E-state index < -0.39 is 29.9 Å². The highest BCUT2D eigenvalue weighted by molar-refractivity contribution is 5.86. The minimum atomic E-state index is -4.52. The van der Waals surface area contributed by atoms with Crippen molar-refractivity contribution in [3.63, 3.8) is 0 Å². The summed E-state index contributed by atoms with van der Waals surface area (Å²) in [6, 6.07) is 2.87. The molecule has 34 heavy (non-hydrogen) atoms. The number of nitrogens with one attached hydrogen (secondary N) is 1. The van der Waals surface area contributed by atoms with Gasteiger partial charge in [-0.3, -0.25) is 9.20 Å². The number of halogens is 4. The Kier molecular flexibility index (Phi) is 4.99. The van der Waals surface area contributed by atoms with Crippen molar-refractivity contribution in [2.75, 3.05) is 17.7 Å². The summed E-state index contributed by atoms with van der Waals surface area (Å²) in [5.74, 6) is 0.620. The molecule has 1 amide bonds. The number of anilines is 2. The number of nitrogens with two attached hydrogens (primary N) is 1. The number of hydrogen-bond acceptors (Lipinski definition) is 5. The van der Waals surface area contributed by atoms with E-state index in [0.717, 1.165) is 29.1 Å². The second kappa shape index (κ2) is 7.57. The maximum atomic E-state index is 13.5. The quantitative estimate of drug-likeness (QED) is 0.421. The van der Waals surface area contributed by atoms with Crippen LogP contribution in [0.15, 0.2) is 24.4 Å². The Balaban J connectivity index is 1.51. The molecule has 0 radical (unpaired) electrons. The first-order valence-electron chi connectivity index (χ1n) is 11.0. The maximum absolute atomic E-state index is 13.5. The van der Waals surface area contributed by atoms with E-state index in [4.69, 9.17) is 5.73 Å². The Hall–Kier alpha value is -3.37. The second-order valence-corrected chi connectivity index (χ2v) is 9.25. The first-order chi connectivity index (χ1) is 16.0. The van der Waals surface area contributed by atoms with E-state index in [1.54, 1.807) is 18.0 Å². The van der Waals surface area contributed by atoms with E-state index >= 15 is 0 Å². The molecule has 1 saturated carbocycles. The van der Waals surface area contributed by atoms with Crippen molar-refractivity contribution < 1.29 is 22.4 Å². The van der Waals surface area contributed by atoms with Crippen molar-refractivity contribution in [2.45, 2.75) is 52.0 Å². The molecule has 7 nitrogen and oxygen atoms in total. The number of carbonyl (C=O) groups excluding carboxylic acids is 1. The summed E-state index contributed by atoms with van der Waals surface area (Å²) in [7, 11) is 0. The molecule has 11 heteroatoms. The van der Waals surface area contributed by atoms with Crippen molar-refractivity contribution in [1.29, 1.82) is 0 Å². The van der Waals surface area contributed by atoms with Crippen LogP contribution in [0.1, 0.15) is 53.9 Å². The molecule has 1 atom stereocenters. The summed E-state index contributed by atoms with van der Waals surface area (Å²) in [6.07, 6.45) is -1.79. The third kappa shape index (κ3) is 3.63. The van der Waals surface area contributed by atoms with E-state index in [9.17, 15) is 22.4 Å². The van der Waals surface area contributed by atoms with Gasteiger partial charge in [0.25, 0.3) is 0 Å². The van der Waals surface area contributed by atoms with Gasteiger partial charge >= 0.3 is 6.18 Å². The van der Waals surface area contributed by atoms with Gasteiger partial charge in [0, 0.05) is 16.9 Å². The fourth-order valence-corrected chi connectivity index (χ4v) is 4.57. The minimum absolute atomic E-state index is 0.00808. The van der Waals surface area contributed by atoms with Gasteiger partial charge in [-0.15, -0.1) is 0 Å². The summed E-state index contributed by atoms with van der Waals surface area (Å²) in [4.78, 5) is 23.6. The fraction of sp³-hybridized carbons (Fsp3) is 0.435. The Morgan fingerprint density at radius 2 is 2.00 bits per heavy atom. The molecule has 5 rings (SSSR count). The number of rotatable bonds is 5. The molecule has 3 heterocycles. The number of nitrogens with zero attached hydrogens (tertiary/aromatic N) is 4. The van der Waals surface area contributed by atoms with Crippen LogP contribution >= 0.6 is 0 Å². The highest BCUT2D eigenvalue weighted by Gasteiger charge is 2.53. The van der Waals surface area contributed by atoms with E-state index in [0.29, 0.717) is 30.0 Å². The number of hydrogen-bond donors (Lipinski definition) is 2. The van der Waals surface area contributed by atoms with Gasteiger partial charge in [0.05, 0.1) is 42.0 Å². The Bertz CT molecular complexity index is 1300. The summed E-state index contributed by atoms with van der Waals surface area (Å²) in [5, 5.41) is 3.19. The standard InChI is InChI=1S/C23H24F4N6O/c1-12-8-29-21-31-19(30-13(2)14-5-15(23(25,26)27)7-16(28)6-14)17-9-32(10-18(17)33(12)21)20(34)22(11-24)3-4-22/h5-8,13H,3-4,9-11,28H2,1-2H3,(H,29,30,31). The third-order valence-corrected chi connectivity index (χ3v) is 6.73. The van der Waals surface area contributed by atoms with Crippen molar-refractivity contribution in [3.05, 3.63) is 52.5 Å². The van der Waals surface area contributed by atoms with Crippen LogP contribution in [0.2, 0.25) is 0 Å². The molecule has 0 saturated heterocycles. The van der Waals surface area contributed by atoms with Gasteiger partial charge < -0.3 is 16.0 Å². The zero-order valence-electron chi connectivity index (χ0n) is 18.7. The molecule has 3 N–H and O–H groups in total. The van der Waals surface area contributed by atoms with Crippen molar-refractivity contribution in [2.24, 2.45) is 5.41 Å². The molecule has 1 aliphatic heterocycles. The maximum Gasteiger partial charge on any atom is 0.416 e. The van der Waals surface area contributed by atoms with Crippen LogP contribution in [-0.2, 0) is 24.1 Å². The Morgan fingerprint density at radius 3 is 2.65 bits per heavy atom. The number of nitrogen functional groups attached to an aromatic ring is 1. The lowest BCUT2D eigenvalue weighted by molar-refractivity contribution is -0.138. The minimum Gasteiger partial charge on any atom is -0.399 e. The van der Waals surface area contributed by atoms with Gasteiger partial charge in [0.2, 0.25) is 11.7 Å². The molecule has 2 aromatic heterocycles. The average molecular weight is 476 g/mol. The second-order valence-electron chi connectivity index (χ2n) is 9.25. The molecular weight excluding hydrogens is 452 g/mol. The first kappa shape index (κ1) is 22.4. The van der Waals surface area contributed by atoms with Gasteiger partial charge in [-0.25, -0.2) is 9.37 Å². The Morgan fingerprint density at radius 1 is 1.26 bits per heavy atom. The topological polar surface area (TPSA) is 88.5 Å². The number of amides is 1. The molecule has 1 aliphatic carbocycles. The zero-order valence-corrected chi connectivity index (χ0v) is 18.7. The van der Waals surface area contributed by atoms with E-state index in [1.165, 1.54) is 6.07 Å². The molecule has 180 valence electrons. The normalized spacial score (nSPS) is 17.6. The molecule has 2 aliphatic rings. The van der Waals surface area contributed by atoms with E-state index in [2.05, 4.69) is 15.3 Å². The smallest absolute Gasteiger partial charge is 0.399 e. The summed E-state index contributed by atoms with van der Waals surface area (Å²) in [5.41, 5.74) is 6.73.